The van der Waals surface area contributed by atoms with Crippen LogP contribution in [0.2, 0.25) is 0 Å². The van der Waals surface area contributed by atoms with Gasteiger partial charge in [0.25, 0.3) is 0 Å². The minimum Gasteiger partial charge on any atom is -0.331 e. The second-order valence-corrected chi connectivity index (χ2v) is 5.13. The lowest BCUT2D eigenvalue weighted by Gasteiger charge is -1.98. The first-order chi connectivity index (χ1) is 8.69. The molecule has 0 aliphatic carbocycles. The first-order valence-electron chi connectivity index (χ1n) is 5.77. The zero-order chi connectivity index (χ0) is 12.7. The molecule has 0 aliphatic rings. The first kappa shape index (κ1) is 11.4. The number of nitrogens with zero attached hydrogens (tertiary/aromatic N) is 3. The number of imidazole rings is 1. The van der Waals surface area contributed by atoms with Crippen molar-refractivity contribution >= 4 is 22.4 Å². The lowest BCUT2D eigenvalue weighted by Crippen LogP contribution is -1.95. The highest BCUT2D eigenvalue weighted by molar-refractivity contribution is 7.13. The minimum absolute atomic E-state index is 0.488. The van der Waals surface area contributed by atoms with E-state index in [-0.39, 0.29) is 0 Å². The predicted octanol–water partition coefficient (Wildman–Crippen LogP) is 2.46. The maximum Gasteiger partial charge on any atom is 0.123 e. The lowest BCUT2D eigenvalue weighted by molar-refractivity contribution is 0.886. The summed E-state index contributed by atoms with van der Waals surface area (Å²) in [6, 6.07) is 6.26. The van der Waals surface area contributed by atoms with Crippen molar-refractivity contribution in [2.24, 2.45) is 12.8 Å². The van der Waals surface area contributed by atoms with Crippen LogP contribution in [0.15, 0.2) is 23.6 Å². The smallest absolute Gasteiger partial charge is 0.123 e. The topological polar surface area (TPSA) is 56.7 Å². The number of aromatic nitrogens is 3. The molecule has 0 aliphatic heterocycles. The highest BCUT2D eigenvalue weighted by Gasteiger charge is 2.08. The summed E-state index contributed by atoms with van der Waals surface area (Å²) in [7, 11) is 2.03. The minimum atomic E-state index is 0.488. The Balaban J connectivity index is 2.13. The second kappa shape index (κ2) is 4.19. The Bertz CT molecular complexity index is 711. The van der Waals surface area contributed by atoms with Crippen LogP contribution in [-0.4, -0.2) is 14.5 Å². The lowest BCUT2D eigenvalue weighted by atomic mass is 10.2. The molecule has 0 fully saturated rings. The summed E-state index contributed by atoms with van der Waals surface area (Å²) in [5.74, 6) is 1.02. The maximum absolute atomic E-state index is 5.58. The molecular formula is C13H14N4S. The molecule has 0 amide bonds. The van der Waals surface area contributed by atoms with Gasteiger partial charge in [-0.05, 0) is 25.1 Å². The van der Waals surface area contributed by atoms with Gasteiger partial charge in [-0.2, -0.15) is 0 Å². The molecule has 0 saturated heterocycles. The van der Waals surface area contributed by atoms with Gasteiger partial charge in [0.1, 0.15) is 10.8 Å². The molecule has 3 rings (SSSR count). The predicted molar refractivity (Wildman–Crippen MR) is 74.5 cm³/mol. The maximum atomic E-state index is 5.58. The van der Waals surface area contributed by atoms with Crippen molar-refractivity contribution in [1.82, 2.24) is 14.5 Å². The number of fused-ring (bicyclic) bond motifs is 1. The van der Waals surface area contributed by atoms with Crippen molar-refractivity contribution < 1.29 is 0 Å². The Hall–Kier alpha value is -1.72. The van der Waals surface area contributed by atoms with E-state index >= 15 is 0 Å². The molecule has 2 heterocycles. The van der Waals surface area contributed by atoms with Crippen molar-refractivity contribution in [3.63, 3.8) is 0 Å². The van der Waals surface area contributed by atoms with Gasteiger partial charge >= 0.3 is 0 Å². The van der Waals surface area contributed by atoms with Gasteiger partial charge in [-0.1, -0.05) is 0 Å². The highest BCUT2D eigenvalue weighted by atomic mass is 32.1. The molecule has 1 aromatic carbocycles. The molecule has 0 radical (unpaired) electrons. The van der Waals surface area contributed by atoms with Gasteiger partial charge in [-0.3, -0.25) is 0 Å². The Morgan fingerprint density at radius 1 is 1.33 bits per heavy atom. The van der Waals surface area contributed by atoms with Crippen molar-refractivity contribution in [3.8, 4) is 10.6 Å². The number of thiazole rings is 1. The molecule has 5 heteroatoms. The average molecular weight is 258 g/mol. The SMILES string of the molecule is Cc1nc2cc(-c3nc(CN)cs3)ccc2n1C. The summed E-state index contributed by atoms with van der Waals surface area (Å²) in [5.41, 5.74) is 9.78. The molecule has 0 bridgehead atoms. The molecule has 0 unspecified atom stereocenters. The summed E-state index contributed by atoms with van der Waals surface area (Å²) in [4.78, 5) is 9.03. The van der Waals surface area contributed by atoms with Gasteiger partial charge in [0.15, 0.2) is 0 Å². The fourth-order valence-corrected chi connectivity index (χ4v) is 2.82. The normalized spacial score (nSPS) is 11.3. The van der Waals surface area contributed by atoms with E-state index in [0.29, 0.717) is 6.54 Å². The van der Waals surface area contributed by atoms with Gasteiger partial charge in [0.2, 0.25) is 0 Å². The van der Waals surface area contributed by atoms with E-state index in [1.54, 1.807) is 11.3 Å². The number of aryl methyl sites for hydroxylation is 2. The van der Waals surface area contributed by atoms with Crippen LogP contribution in [0.25, 0.3) is 21.6 Å². The second-order valence-electron chi connectivity index (χ2n) is 4.27. The van der Waals surface area contributed by atoms with E-state index in [2.05, 4.69) is 32.7 Å². The summed E-state index contributed by atoms with van der Waals surface area (Å²) < 4.78 is 2.09. The highest BCUT2D eigenvalue weighted by Crippen LogP contribution is 2.27. The Morgan fingerprint density at radius 2 is 2.17 bits per heavy atom. The summed E-state index contributed by atoms with van der Waals surface area (Å²) in [5, 5.41) is 3.00. The van der Waals surface area contributed by atoms with Crippen LogP contribution in [0.1, 0.15) is 11.5 Å². The Morgan fingerprint density at radius 3 is 2.89 bits per heavy atom. The van der Waals surface area contributed by atoms with Crippen LogP contribution < -0.4 is 5.73 Å². The fourth-order valence-electron chi connectivity index (χ4n) is 1.99. The monoisotopic (exact) mass is 258 g/mol. The molecule has 4 nitrogen and oxygen atoms in total. The number of hydrogen-bond acceptors (Lipinski definition) is 4. The fraction of sp³-hybridized carbons (Fsp3) is 0.231. The van der Waals surface area contributed by atoms with Crippen LogP contribution in [0.4, 0.5) is 0 Å². The number of nitrogens with two attached hydrogens (primary N) is 1. The Labute approximate surface area is 109 Å². The van der Waals surface area contributed by atoms with Gasteiger partial charge in [-0.15, -0.1) is 11.3 Å². The number of rotatable bonds is 2. The zero-order valence-corrected chi connectivity index (χ0v) is 11.2. The van der Waals surface area contributed by atoms with E-state index in [1.165, 1.54) is 0 Å². The van der Waals surface area contributed by atoms with E-state index in [1.807, 2.05) is 19.4 Å². The molecule has 0 saturated carbocycles. The first-order valence-corrected chi connectivity index (χ1v) is 6.65. The van der Waals surface area contributed by atoms with Crippen LogP contribution in [0.3, 0.4) is 0 Å². The summed E-state index contributed by atoms with van der Waals surface area (Å²) in [6.07, 6.45) is 0. The third kappa shape index (κ3) is 1.72. The van der Waals surface area contributed by atoms with E-state index < -0.39 is 0 Å². The van der Waals surface area contributed by atoms with E-state index in [4.69, 9.17) is 5.73 Å². The molecule has 18 heavy (non-hydrogen) atoms. The van der Waals surface area contributed by atoms with Gasteiger partial charge < -0.3 is 10.3 Å². The number of benzene rings is 1. The quantitative estimate of drug-likeness (QED) is 0.768. The molecule has 2 aromatic heterocycles. The van der Waals surface area contributed by atoms with E-state index in [9.17, 15) is 0 Å². The van der Waals surface area contributed by atoms with Crippen LogP contribution in [0.5, 0.6) is 0 Å². The van der Waals surface area contributed by atoms with Crippen LogP contribution >= 0.6 is 11.3 Å². The van der Waals surface area contributed by atoms with Gasteiger partial charge in [-0.25, -0.2) is 9.97 Å². The molecule has 3 aromatic rings. The van der Waals surface area contributed by atoms with Gasteiger partial charge in [0.05, 0.1) is 16.7 Å². The summed E-state index contributed by atoms with van der Waals surface area (Å²) in [6.45, 7) is 2.50. The molecular weight excluding hydrogens is 244 g/mol. The van der Waals surface area contributed by atoms with Crippen molar-refractivity contribution in [2.45, 2.75) is 13.5 Å². The molecule has 2 N–H and O–H groups in total. The zero-order valence-electron chi connectivity index (χ0n) is 10.3. The van der Waals surface area contributed by atoms with Crippen molar-refractivity contribution in [1.29, 1.82) is 0 Å². The van der Waals surface area contributed by atoms with Crippen LogP contribution in [0, 0.1) is 6.92 Å². The average Bonchev–Trinajstić information content (AvgIpc) is 2.95. The molecule has 0 spiro atoms. The third-order valence-electron chi connectivity index (χ3n) is 3.11. The van der Waals surface area contributed by atoms with Crippen molar-refractivity contribution in [2.75, 3.05) is 0 Å². The third-order valence-corrected chi connectivity index (χ3v) is 4.05. The van der Waals surface area contributed by atoms with E-state index in [0.717, 1.165) is 33.1 Å². The van der Waals surface area contributed by atoms with Gasteiger partial charge in [0, 0.05) is 24.5 Å². The number of hydrogen-bond donors (Lipinski definition) is 1. The molecule has 0 atom stereocenters. The van der Waals surface area contributed by atoms with Crippen LogP contribution in [-0.2, 0) is 13.6 Å². The summed E-state index contributed by atoms with van der Waals surface area (Å²) >= 11 is 1.62. The largest absolute Gasteiger partial charge is 0.331 e. The van der Waals surface area contributed by atoms with Crippen molar-refractivity contribution in [3.05, 3.63) is 35.1 Å². The standard InChI is InChI=1S/C13H14N4S/c1-8-15-11-5-9(3-4-12(11)17(8)2)13-16-10(6-14)7-18-13/h3-5,7H,6,14H2,1-2H3. The Kier molecular flexibility index (Phi) is 2.65. The molecule has 92 valence electrons.